The standard InChI is InChI=1S/C9H10N6O3/c16-4-3-14-8(5-10-12-14)1-2-13-7-9(6-11-13)15(17)18/h4-7H,1-3H2. The number of hydrogen-bond donors (Lipinski definition) is 0. The molecule has 0 amide bonds. The first-order valence-corrected chi connectivity index (χ1v) is 5.18. The summed E-state index contributed by atoms with van der Waals surface area (Å²) in [6.07, 6.45) is 5.38. The number of nitrogens with zero attached hydrogens (tertiary/aromatic N) is 6. The van der Waals surface area contributed by atoms with Gasteiger partial charge in [-0.2, -0.15) is 5.10 Å². The van der Waals surface area contributed by atoms with Gasteiger partial charge >= 0.3 is 5.69 Å². The van der Waals surface area contributed by atoms with E-state index in [1.165, 1.54) is 21.8 Å². The third-order valence-electron chi connectivity index (χ3n) is 2.37. The molecule has 9 heteroatoms. The second kappa shape index (κ2) is 5.17. The summed E-state index contributed by atoms with van der Waals surface area (Å²) >= 11 is 0. The van der Waals surface area contributed by atoms with Crippen LogP contribution >= 0.6 is 0 Å². The summed E-state index contributed by atoms with van der Waals surface area (Å²) in [4.78, 5) is 20.4. The van der Waals surface area contributed by atoms with Crippen LogP contribution in [-0.2, 0) is 24.3 Å². The molecule has 0 aliphatic heterocycles. The van der Waals surface area contributed by atoms with Crippen molar-refractivity contribution in [3.63, 3.8) is 0 Å². The molecule has 0 saturated carbocycles. The summed E-state index contributed by atoms with van der Waals surface area (Å²) < 4.78 is 2.95. The third-order valence-corrected chi connectivity index (χ3v) is 2.37. The summed E-state index contributed by atoms with van der Waals surface area (Å²) in [5, 5.41) is 21.8. The van der Waals surface area contributed by atoms with Gasteiger partial charge in [0, 0.05) is 13.0 Å². The van der Waals surface area contributed by atoms with Gasteiger partial charge in [-0.1, -0.05) is 5.21 Å². The first kappa shape index (κ1) is 11.9. The van der Waals surface area contributed by atoms with E-state index in [1.54, 1.807) is 6.20 Å². The fourth-order valence-electron chi connectivity index (χ4n) is 1.50. The summed E-state index contributed by atoms with van der Waals surface area (Å²) in [7, 11) is 0. The number of aromatic nitrogens is 5. The number of aldehydes is 1. The molecule has 0 atom stereocenters. The van der Waals surface area contributed by atoms with Crippen molar-refractivity contribution in [1.29, 1.82) is 0 Å². The predicted octanol–water partition coefficient (Wildman–Crippen LogP) is -0.176. The van der Waals surface area contributed by atoms with Crippen LogP contribution in [-0.4, -0.2) is 36.0 Å². The molecule has 0 fully saturated rings. The van der Waals surface area contributed by atoms with E-state index in [4.69, 9.17) is 0 Å². The number of hydrogen-bond acceptors (Lipinski definition) is 6. The highest BCUT2D eigenvalue weighted by Crippen LogP contribution is 2.08. The predicted molar refractivity (Wildman–Crippen MR) is 58.7 cm³/mol. The van der Waals surface area contributed by atoms with E-state index in [2.05, 4.69) is 15.4 Å². The van der Waals surface area contributed by atoms with Crippen molar-refractivity contribution >= 4 is 12.0 Å². The zero-order valence-corrected chi connectivity index (χ0v) is 9.34. The van der Waals surface area contributed by atoms with Gasteiger partial charge in [0.1, 0.15) is 18.7 Å². The largest absolute Gasteiger partial charge is 0.306 e. The average molecular weight is 250 g/mol. The first-order chi connectivity index (χ1) is 8.70. The van der Waals surface area contributed by atoms with Crippen LogP contribution in [0.5, 0.6) is 0 Å². The molecular weight excluding hydrogens is 240 g/mol. The number of rotatable bonds is 6. The Labute approximate surface area is 101 Å². The number of carbonyl (C=O) groups is 1. The van der Waals surface area contributed by atoms with E-state index in [-0.39, 0.29) is 12.2 Å². The maximum absolute atomic E-state index is 10.5. The quantitative estimate of drug-likeness (QED) is 0.400. The molecule has 0 bridgehead atoms. The maximum Gasteiger partial charge on any atom is 0.306 e. The van der Waals surface area contributed by atoms with E-state index < -0.39 is 4.92 Å². The van der Waals surface area contributed by atoms with Gasteiger partial charge in [-0.3, -0.25) is 14.8 Å². The minimum Gasteiger partial charge on any atom is -0.301 e. The number of aryl methyl sites for hydroxylation is 2. The fraction of sp³-hybridized carbons (Fsp3) is 0.333. The second-order valence-corrected chi connectivity index (χ2v) is 3.54. The van der Waals surface area contributed by atoms with Crippen molar-refractivity contribution in [3.8, 4) is 0 Å². The van der Waals surface area contributed by atoms with Crippen LogP contribution in [0.1, 0.15) is 5.69 Å². The molecule has 2 rings (SSSR count). The average Bonchev–Trinajstić information content (AvgIpc) is 2.95. The molecule has 0 saturated heterocycles. The summed E-state index contributed by atoms with van der Waals surface area (Å²) in [6, 6.07) is 0. The van der Waals surface area contributed by atoms with Crippen LogP contribution in [0, 0.1) is 10.1 Å². The Morgan fingerprint density at radius 1 is 1.44 bits per heavy atom. The van der Waals surface area contributed by atoms with Crippen LogP contribution in [0.2, 0.25) is 0 Å². The van der Waals surface area contributed by atoms with Gasteiger partial charge in [-0.15, -0.1) is 5.10 Å². The summed E-state index contributed by atoms with van der Waals surface area (Å²) in [6.45, 7) is 0.606. The molecule has 0 aliphatic rings. The van der Waals surface area contributed by atoms with Crippen molar-refractivity contribution in [2.45, 2.75) is 19.5 Å². The van der Waals surface area contributed by atoms with Crippen LogP contribution in [0.15, 0.2) is 18.6 Å². The van der Waals surface area contributed by atoms with E-state index in [9.17, 15) is 14.9 Å². The Bertz CT molecular complexity index is 560. The lowest BCUT2D eigenvalue weighted by Gasteiger charge is -2.02. The van der Waals surface area contributed by atoms with Crippen molar-refractivity contribution in [3.05, 3.63) is 34.4 Å². The molecule has 0 N–H and O–H groups in total. The molecule has 94 valence electrons. The Morgan fingerprint density at radius 3 is 2.94 bits per heavy atom. The Kier molecular flexibility index (Phi) is 3.41. The SMILES string of the molecule is O=CCn1nncc1CCn1cc([N+](=O)[O-])cn1. The first-order valence-electron chi connectivity index (χ1n) is 5.18. The Morgan fingerprint density at radius 2 is 2.28 bits per heavy atom. The van der Waals surface area contributed by atoms with Gasteiger partial charge < -0.3 is 4.79 Å². The van der Waals surface area contributed by atoms with E-state index in [0.29, 0.717) is 13.0 Å². The topological polar surface area (TPSA) is 109 Å². The molecule has 0 radical (unpaired) electrons. The summed E-state index contributed by atoms with van der Waals surface area (Å²) in [5.74, 6) is 0. The van der Waals surface area contributed by atoms with Gasteiger partial charge in [-0.25, -0.2) is 4.68 Å². The van der Waals surface area contributed by atoms with Crippen molar-refractivity contribution in [2.24, 2.45) is 0 Å². The van der Waals surface area contributed by atoms with Gasteiger partial charge in [-0.05, 0) is 0 Å². The van der Waals surface area contributed by atoms with Gasteiger partial charge in [0.15, 0.2) is 0 Å². The van der Waals surface area contributed by atoms with Gasteiger partial charge in [0.25, 0.3) is 0 Å². The molecular formula is C9H10N6O3. The fourth-order valence-corrected chi connectivity index (χ4v) is 1.50. The van der Waals surface area contributed by atoms with Crippen LogP contribution in [0.25, 0.3) is 0 Å². The van der Waals surface area contributed by atoms with Crippen LogP contribution in [0.3, 0.4) is 0 Å². The molecule has 0 unspecified atom stereocenters. The number of nitro groups is 1. The monoisotopic (exact) mass is 250 g/mol. The molecule has 2 heterocycles. The molecule has 2 aromatic heterocycles. The molecule has 0 spiro atoms. The minimum absolute atomic E-state index is 0.0467. The van der Waals surface area contributed by atoms with E-state index in [1.807, 2.05) is 0 Å². The third kappa shape index (κ3) is 2.56. The van der Waals surface area contributed by atoms with Crippen molar-refractivity contribution in [1.82, 2.24) is 24.8 Å². The van der Waals surface area contributed by atoms with Crippen molar-refractivity contribution in [2.75, 3.05) is 0 Å². The van der Waals surface area contributed by atoms with Crippen LogP contribution < -0.4 is 0 Å². The molecule has 0 aliphatic carbocycles. The zero-order valence-electron chi connectivity index (χ0n) is 9.34. The highest BCUT2D eigenvalue weighted by Gasteiger charge is 2.09. The van der Waals surface area contributed by atoms with Gasteiger partial charge in [0.05, 0.1) is 23.4 Å². The molecule has 9 nitrogen and oxygen atoms in total. The Hall–Kier alpha value is -2.58. The highest BCUT2D eigenvalue weighted by molar-refractivity contribution is 5.48. The lowest BCUT2D eigenvalue weighted by molar-refractivity contribution is -0.385. The lowest BCUT2D eigenvalue weighted by Crippen LogP contribution is -2.09. The van der Waals surface area contributed by atoms with E-state index >= 15 is 0 Å². The van der Waals surface area contributed by atoms with Gasteiger partial charge in [0.2, 0.25) is 0 Å². The summed E-state index contributed by atoms with van der Waals surface area (Å²) in [5.41, 5.74) is 0.731. The number of carbonyl (C=O) groups excluding carboxylic acids is 1. The minimum atomic E-state index is -0.498. The second-order valence-electron chi connectivity index (χ2n) is 3.54. The normalized spacial score (nSPS) is 10.4. The molecule has 2 aromatic rings. The van der Waals surface area contributed by atoms with E-state index in [0.717, 1.165) is 12.0 Å². The van der Waals surface area contributed by atoms with Crippen molar-refractivity contribution < 1.29 is 9.72 Å². The molecule has 0 aromatic carbocycles. The maximum atomic E-state index is 10.5. The molecule has 18 heavy (non-hydrogen) atoms. The lowest BCUT2D eigenvalue weighted by atomic mass is 10.3. The highest BCUT2D eigenvalue weighted by atomic mass is 16.6. The zero-order chi connectivity index (χ0) is 13.0. The smallest absolute Gasteiger partial charge is 0.301 e. The van der Waals surface area contributed by atoms with Crippen LogP contribution in [0.4, 0.5) is 5.69 Å². The Balaban J connectivity index is 1.99.